The van der Waals surface area contributed by atoms with Gasteiger partial charge in [0.15, 0.2) is 6.61 Å². The fraction of sp³-hybridized carbons (Fsp3) is 0.562. The SMILES string of the molecule is CO[C@@H](C)/C(=N/OCCOc1ccc(C(F)(F)F)cc1)[C@@H](O)[C@@H](C)O. The zero-order valence-corrected chi connectivity index (χ0v) is 14.2. The number of methoxy groups -OCH3 is 1. The Kier molecular flexibility index (Phi) is 8.14. The van der Waals surface area contributed by atoms with Crippen molar-refractivity contribution in [1.82, 2.24) is 0 Å². The Morgan fingerprint density at radius 2 is 1.72 bits per heavy atom. The minimum atomic E-state index is -4.39. The van der Waals surface area contributed by atoms with Crippen molar-refractivity contribution in [3.05, 3.63) is 29.8 Å². The number of hydrogen-bond donors (Lipinski definition) is 2. The van der Waals surface area contributed by atoms with Crippen LogP contribution in [0.5, 0.6) is 5.75 Å². The number of aliphatic hydroxyl groups is 2. The monoisotopic (exact) mass is 365 g/mol. The van der Waals surface area contributed by atoms with Crippen LogP contribution in [0.15, 0.2) is 29.4 Å². The van der Waals surface area contributed by atoms with Gasteiger partial charge in [-0.25, -0.2) is 0 Å². The molecule has 1 aromatic carbocycles. The van der Waals surface area contributed by atoms with E-state index in [-0.39, 0.29) is 24.7 Å². The number of oxime groups is 1. The predicted octanol–water partition coefficient (Wildman–Crippen LogP) is 2.23. The van der Waals surface area contributed by atoms with E-state index < -0.39 is 30.1 Å². The molecule has 9 heteroatoms. The molecule has 0 bridgehead atoms. The van der Waals surface area contributed by atoms with Gasteiger partial charge in [-0.3, -0.25) is 0 Å². The van der Waals surface area contributed by atoms with Gasteiger partial charge in [0.05, 0.1) is 17.8 Å². The van der Waals surface area contributed by atoms with Gasteiger partial charge in [-0.2, -0.15) is 13.2 Å². The van der Waals surface area contributed by atoms with Crippen molar-refractivity contribution in [2.75, 3.05) is 20.3 Å². The van der Waals surface area contributed by atoms with Gasteiger partial charge in [0.2, 0.25) is 0 Å². The summed E-state index contributed by atoms with van der Waals surface area (Å²) in [4.78, 5) is 5.02. The Morgan fingerprint density at radius 3 is 2.20 bits per heavy atom. The molecule has 0 aromatic heterocycles. The first-order chi connectivity index (χ1) is 11.7. The topological polar surface area (TPSA) is 80.5 Å². The van der Waals surface area contributed by atoms with Crippen LogP contribution in [0.2, 0.25) is 0 Å². The number of hydrogen-bond acceptors (Lipinski definition) is 6. The molecule has 0 aliphatic carbocycles. The van der Waals surface area contributed by atoms with E-state index in [4.69, 9.17) is 14.3 Å². The summed E-state index contributed by atoms with van der Waals surface area (Å²) in [6.07, 6.45) is -7.26. The minimum absolute atomic E-state index is 0.00646. The van der Waals surface area contributed by atoms with Gasteiger partial charge in [0.25, 0.3) is 0 Å². The molecule has 3 atom stereocenters. The van der Waals surface area contributed by atoms with E-state index in [0.717, 1.165) is 12.1 Å². The number of alkyl halides is 3. The van der Waals surface area contributed by atoms with Gasteiger partial charge in [-0.1, -0.05) is 5.16 Å². The lowest BCUT2D eigenvalue weighted by Crippen LogP contribution is -2.39. The number of benzene rings is 1. The van der Waals surface area contributed by atoms with Gasteiger partial charge in [-0.15, -0.1) is 0 Å². The third-order valence-electron chi connectivity index (χ3n) is 3.32. The molecule has 0 heterocycles. The molecule has 0 saturated heterocycles. The standard InChI is InChI=1S/C16H22F3NO5/c1-10(21)15(22)14(11(2)23-3)20-25-9-8-24-13-6-4-12(5-7-13)16(17,18)19/h4-7,10-11,15,21-22H,8-9H2,1-3H3/b20-14-/t10-,11+,15+/m1/s1. The van der Waals surface area contributed by atoms with Gasteiger partial charge >= 0.3 is 6.18 Å². The fourth-order valence-electron chi connectivity index (χ4n) is 1.79. The van der Waals surface area contributed by atoms with Crippen molar-refractivity contribution < 1.29 is 37.7 Å². The van der Waals surface area contributed by atoms with Crippen molar-refractivity contribution in [3.8, 4) is 5.75 Å². The lowest BCUT2D eigenvalue weighted by Gasteiger charge is -2.20. The second-order valence-electron chi connectivity index (χ2n) is 5.28. The second kappa shape index (κ2) is 9.59. The molecule has 0 radical (unpaired) electrons. The first-order valence-corrected chi connectivity index (χ1v) is 7.55. The summed E-state index contributed by atoms with van der Waals surface area (Å²) in [7, 11) is 1.42. The molecule has 0 aliphatic rings. The Bertz CT molecular complexity index is 546. The average Bonchev–Trinajstić information content (AvgIpc) is 2.56. The maximum Gasteiger partial charge on any atom is 0.416 e. The highest BCUT2D eigenvalue weighted by atomic mass is 19.4. The van der Waals surface area contributed by atoms with Gasteiger partial charge in [0, 0.05) is 7.11 Å². The van der Waals surface area contributed by atoms with Crippen LogP contribution in [0.1, 0.15) is 19.4 Å². The molecule has 142 valence electrons. The molecular formula is C16H22F3NO5. The number of nitrogens with zero attached hydrogens (tertiary/aromatic N) is 1. The molecule has 0 fully saturated rings. The second-order valence-corrected chi connectivity index (χ2v) is 5.28. The number of rotatable bonds is 9. The van der Waals surface area contributed by atoms with Crippen molar-refractivity contribution in [2.24, 2.45) is 5.16 Å². The van der Waals surface area contributed by atoms with E-state index in [1.807, 2.05) is 0 Å². The third kappa shape index (κ3) is 6.89. The summed E-state index contributed by atoms with van der Waals surface area (Å²) in [5.41, 5.74) is -0.641. The molecular weight excluding hydrogens is 343 g/mol. The predicted molar refractivity (Wildman–Crippen MR) is 84.5 cm³/mol. The van der Waals surface area contributed by atoms with Crippen molar-refractivity contribution >= 4 is 5.71 Å². The smallest absolute Gasteiger partial charge is 0.416 e. The summed E-state index contributed by atoms with van der Waals surface area (Å²) in [6.45, 7) is 3.06. The van der Waals surface area contributed by atoms with Crippen molar-refractivity contribution in [2.45, 2.75) is 38.3 Å². The maximum absolute atomic E-state index is 12.4. The van der Waals surface area contributed by atoms with Gasteiger partial charge in [0.1, 0.15) is 24.2 Å². The molecule has 1 rings (SSSR count). The Hall–Kier alpha value is -1.84. The average molecular weight is 365 g/mol. The summed E-state index contributed by atoms with van der Waals surface area (Å²) < 4.78 is 47.6. The zero-order chi connectivity index (χ0) is 19.0. The Morgan fingerprint density at radius 1 is 1.12 bits per heavy atom. The number of aliphatic hydroxyl groups excluding tert-OH is 2. The van der Waals surface area contributed by atoms with Crippen LogP contribution < -0.4 is 4.74 Å². The molecule has 0 spiro atoms. The fourth-order valence-corrected chi connectivity index (χ4v) is 1.79. The summed E-state index contributed by atoms with van der Waals surface area (Å²) >= 11 is 0. The van der Waals surface area contributed by atoms with Crippen LogP contribution in [-0.4, -0.2) is 54.6 Å². The molecule has 0 unspecified atom stereocenters. The first kappa shape index (κ1) is 21.2. The molecule has 0 aliphatic heterocycles. The van der Waals surface area contributed by atoms with E-state index in [9.17, 15) is 23.4 Å². The molecule has 6 nitrogen and oxygen atoms in total. The minimum Gasteiger partial charge on any atom is -0.490 e. The maximum atomic E-state index is 12.4. The molecule has 0 amide bonds. The highest BCUT2D eigenvalue weighted by molar-refractivity contribution is 5.92. The molecule has 1 aromatic rings. The van der Waals surface area contributed by atoms with Crippen LogP contribution in [0.4, 0.5) is 13.2 Å². The Balaban J connectivity index is 2.50. The van der Waals surface area contributed by atoms with Crippen LogP contribution in [-0.2, 0) is 15.8 Å². The van der Waals surface area contributed by atoms with Gasteiger partial charge < -0.3 is 24.5 Å². The highest BCUT2D eigenvalue weighted by Gasteiger charge is 2.30. The van der Waals surface area contributed by atoms with E-state index in [1.165, 1.54) is 26.2 Å². The van der Waals surface area contributed by atoms with E-state index in [0.29, 0.717) is 0 Å². The largest absolute Gasteiger partial charge is 0.490 e. The molecule has 2 N–H and O–H groups in total. The zero-order valence-electron chi connectivity index (χ0n) is 14.2. The summed E-state index contributed by atoms with van der Waals surface area (Å²) in [5, 5.41) is 23.0. The number of halogens is 3. The van der Waals surface area contributed by atoms with E-state index in [1.54, 1.807) is 6.92 Å². The molecule has 0 saturated carbocycles. The molecule has 25 heavy (non-hydrogen) atoms. The number of ether oxygens (including phenoxy) is 2. The first-order valence-electron chi connectivity index (χ1n) is 7.55. The normalized spacial score (nSPS) is 16.2. The highest BCUT2D eigenvalue weighted by Crippen LogP contribution is 2.30. The van der Waals surface area contributed by atoms with Crippen LogP contribution in [0.3, 0.4) is 0 Å². The van der Waals surface area contributed by atoms with Gasteiger partial charge in [-0.05, 0) is 38.1 Å². The third-order valence-corrected chi connectivity index (χ3v) is 3.32. The van der Waals surface area contributed by atoms with Crippen LogP contribution in [0, 0.1) is 0 Å². The van der Waals surface area contributed by atoms with E-state index in [2.05, 4.69) is 5.16 Å². The lowest BCUT2D eigenvalue weighted by molar-refractivity contribution is -0.137. The quantitative estimate of drug-likeness (QED) is 0.399. The summed E-state index contributed by atoms with van der Waals surface area (Å²) in [5.74, 6) is 0.259. The lowest BCUT2D eigenvalue weighted by atomic mass is 10.1. The van der Waals surface area contributed by atoms with Crippen molar-refractivity contribution in [3.63, 3.8) is 0 Å². The van der Waals surface area contributed by atoms with E-state index >= 15 is 0 Å². The van der Waals surface area contributed by atoms with Crippen LogP contribution >= 0.6 is 0 Å². The van der Waals surface area contributed by atoms with Crippen molar-refractivity contribution in [1.29, 1.82) is 0 Å². The Labute approximate surface area is 143 Å². The van der Waals surface area contributed by atoms with Crippen LogP contribution in [0.25, 0.3) is 0 Å². The summed E-state index contributed by atoms with van der Waals surface area (Å²) in [6, 6.07) is 4.26.